The van der Waals surface area contributed by atoms with E-state index in [1.807, 2.05) is 32.9 Å². The molecule has 1 aromatic carbocycles. The number of nitrogens with zero attached hydrogens (tertiary/aromatic N) is 1. The lowest BCUT2D eigenvalue weighted by Crippen LogP contribution is -2.39. The molecular weight excluding hydrogens is 350 g/mol. The first-order chi connectivity index (χ1) is 10.3. The number of nitrogens with one attached hydrogen (secondary N) is 2. The monoisotopic (exact) mass is 367 g/mol. The van der Waals surface area contributed by atoms with Gasteiger partial charge >= 0.3 is 6.03 Å². The van der Waals surface area contributed by atoms with Gasteiger partial charge in [0.15, 0.2) is 0 Å². The van der Waals surface area contributed by atoms with Crippen molar-refractivity contribution in [1.82, 2.24) is 10.2 Å². The highest BCUT2D eigenvalue weighted by molar-refractivity contribution is 9.10. The molecule has 0 radical (unpaired) electrons. The van der Waals surface area contributed by atoms with Crippen LogP contribution >= 0.6 is 15.9 Å². The van der Waals surface area contributed by atoms with Crippen molar-refractivity contribution in [3.8, 4) is 0 Å². The Hall–Kier alpha value is -1.89. The summed E-state index contributed by atoms with van der Waals surface area (Å²) in [5, 5.41) is 5.28. The lowest BCUT2D eigenvalue weighted by atomic mass is 10.1. The first-order valence-corrected chi connectivity index (χ1v) is 7.76. The Morgan fingerprint density at radius 3 is 2.64 bits per heavy atom. The van der Waals surface area contributed by atoms with E-state index in [1.54, 1.807) is 6.07 Å². The van der Waals surface area contributed by atoms with E-state index < -0.39 is 18.0 Å². The molecule has 0 saturated carbocycles. The molecule has 1 aromatic rings. The summed E-state index contributed by atoms with van der Waals surface area (Å²) in [5.41, 5.74) is 1.60. The smallest absolute Gasteiger partial charge is 0.325 e. The van der Waals surface area contributed by atoms with Crippen LogP contribution in [0, 0.1) is 12.8 Å². The quantitative estimate of drug-likeness (QED) is 0.801. The van der Waals surface area contributed by atoms with Crippen molar-refractivity contribution in [1.29, 1.82) is 0 Å². The van der Waals surface area contributed by atoms with Gasteiger partial charge in [-0.25, -0.2) is 4.79 Å². The van der Waals surface area contributed by atoms with Gasteiger partial charge < -0.3 is 10.6 Å². The van der Waals surface area contributed by atoms with Crippen LogP contribution in [0.25, 0.3) is 0 Å². The van der Waals surface area contributed by atoms with Crippen LogP contribution < -0.4 is 10.6 Å². The van der Waals surface area contributed by atoms with E-state index in [0.29, 0.717) is 5.69 Å². The molecule has 1 aliphatic rings. The Morgan fingerprint density at radius 2 is 2.09 bits per heavy atom. The average molecular weight is 368 g/mol. The topological polar surface area (TPSA) is 78.5 Å². The maximum Gasteiger partial charge on any atom is 0.325 e. The fraction of sp³-hybridized carbons (Fsp3) is 0.400. The summed E-state index contributed by atoms with van der Waals surface area (Å²) in [5.74, 6) is -0.782. The van der Waals surface area contributed by atoms with Crippen molar-refractivity contribution in [3.63, 3.8) is 0 Å². The highest BCUT2D eigenvalue weighted by Crippen LogP contribution is 2.20. The van der Waals surface area contributed by atoms with Crippen molar-refractivity contribution >= 4 is 39.5 Å². The number of urea groups is 1. The predicted octanol–water partition coefficient (Wildman–Crippen LogP) is 2.27. The van der Waals surface area contributed by atoms with Gasteiger partial charge in [0.05, 0.1) is 0 Å². The fourth-order valence-electron chi connectivity index (χ4n) is 2.21. The summed E-state index contributed by atoms with van der Waals surface area (Å²) in [6.45, 7) is 5.31. The third-order valence-corrected chi connectivity index (χ3v) is 4.36. The zero-order valence-electron chi connectivity index (χ0n) is 12.6. The zero-order valence-corrected chi connectivity index (χ0v) is 14.2. The number of hydrogen-bond donors (Lipinski definition) is 2. The minimum atomic E-state index is -0.560. The van der Waals surface area contributed by atoms with Gasteiger partial charge in [0.1, 0.15) is 12.6 Å². The molecule has 1 atom stereocenters. The number of aryl methyl sites for hydroxylation is 1. The molecule has 6 nitrogen and oxygen atoms in total. The van der Waals surface area contributed by atoms with Gasteiger partial charge in [0, 0.05) is 10.2 Å². The molecule has 2 rings (SSSR count). The normalized spacial score (nSPS) is 17.9. The third-order valence-electron chi connectivity index (χ3n) is 3.47. The van der Waals surface area contributed by atoms with Crippen LogP contribution in [0.15, 0.2) is 22.7 Å². The number of halogens is 1. The molecule has 1 fully saturated rings. The Morgan fingerprint density at radius 1 is 1.41 bits per heavy atom. The first-order valence-electron chi connectivity index (χ1n) is 6.97. The molecule has 0 aromatic heterocycles. The Kier molecular flexibility index (Phi) is 4.85. The van der Waals surface area contributed by atoms with E-state index in [-0.39, 0.29) is 18.4 Å². The van der Waals surface area contributed by atoms with Crippen LogP contribution in [-0.2, 0) is 9.59 Å². The van der Waals surface area contributed by atoms with Crippen molar-refractivity contribution in [2.45, 2.75) is 26.8 Å². The highest BCUT2D eigenvalue weighted by Gasteiger charge is 2.40. The van der Waals surface area contributed by atoms with Gasteiger partial charge in [-0.2, -0.15) is 0 Å². The van der Waals surface area contributed by atoms with Crippen LogP contribution in [-0.4, -0.2) is 35.3 Å². The van der Waals surface area contributed by atoms with E-state index in [0.717, 1.165) is 14.9 Å². The maximum atomic E-state index is 12.1. The molecule has 1 aliphatic heterocycles. The number of amides is 4. The molecule has 2 N–H and O–H groups in total. The summed E-state index contributed by atoms with van der Waals surface area (Å²) in [4.78, 5) is 36.9. The first kappa shape index (κ1) is 16.5. The lowest BCUT2D eigenvalue weighted by molar-refractivity contribution is -0.131. The second-order valence-electron chi connectivity index (χ2n) is 5.61. The largest absolute Gasteiger partial charge is 0.326 e. The van der Waals surface area contributed by atoms with E-state index in [4.69, 9.17) is 0 Å². The Bertz CT molecular complexity index is 630. The summed E-state index contributed by atoms with van der Waals surface area (Å²) >= 11 is 3.38. The molecular formula is C15H18BrN3O3. The van der Waals surface area contributed by atoms with Gasteiger partial charge in [-0.05, 0) is 36.6 Å². The Balaban J connectivity index is 2.01. The molecule has 22 heavy (non-hydrogen) atoms. The number of imide groups is 1. The molecule has 0 aliphatic carbocycles. The standard InChI is InChI=1S/C15H18BrN3O3/c1-8(2)13-14(21)19(15(22)18-13)7-12(20)17-10-4-5-11(16)9(3)6-10/h4-6,8,13H,7H2,1-3H3,(H,17,20)(H,18,22)/t13-/m1/s1. The van der Waals surface area contributed by atoms with Crippen LogP contribution in [0.4, 0.5) is 10.5 Å². The molecule has 0 spiro atoms. The number of benzene rings is 1. The van der Waals surface area contributed by atoms with Crippen LogP contribution in [0.5, 0.6) is 0 Å². The van der Waals surface area contributed by atoms with Crippen molar-refractivity contribution in [2.75, 3.05) is 11.9 Å². The molecule has 0 bridgehead atoms. The van der Waals surface area contributed by atoms with Gasteiger partial charge in [0.25, 0.3) is 5.91 Å². The maximum absolute atomic E-state index is 12.1. The third kappa shape index (κ3) is 3.47. The van der Waals surface area contributed by atoms with Crippen LogP contribution in [0.3, 0.4) is 0 Å². The van der Waals surface area contributed by atoms with E-state index in [9.17, 15) is 14.4 Å². The molecule has 118 valence electrons. The number of carbonyl (C=O) groups is 3. The van der Waals surface area contributed by atoms with Gasteiger partial charge in [-0.1, -0.05) is 29.8 Å². The van der Waals surface area contributed by atoms with E-state index >= 15 is 0 Å². The van der Waals surface area contributed by atoms with Gasteiger partial charge in [-0.3, -0.25) is 14.5 Å². The lowest BCUT2D eigenvalue weighted by Gasteiger charge is -2.14. The summed E-state index contributed by atoms with van der Waals surface area (Å²) < 4.78 is 0.944. The van der Waals surface area contributed by atoms with E-state index in [1.165, 1.54) is 0 Å². The van der Waals surface area contributed by atoms with Crippen molar-refractivity contribution in [2.24, 2.45) is 5.92 Å². The molecule has 7 heteroatoms. The molecule has 0 unspecified atom stereocenters. The predicted molar refractivity (Wildman–Crippen MR) is 86.4 cm³/mol. The van der Waals surface area contributed by atoms with Crippen LogP contribution in [0.2, 0.25) is 0 Å². The van der Waals surface area contributed by atoms with Crippen LogP contribution in [0.1, 0.15) is 19.4 Å². The second kappa shape index (κ2) is 6.48. The van der Waals surface area contributed by atoms with Gasteiger partial charge in [0.2, 0.25) is 5.91 Å². The molecule has 1 heterocycles. The Labute approximate surface area is 137 Å². The summed E-state index contributed by atoms with van der Waals surface area (Å²) in [6.07, 6.45) is 0. The minimum absolute atomic E-state index is 0.0152. The average Bonchev–Trinajstić information content (AvgIpc) is 2.71. The van der Waals surface area contributed by atoms with Crippen molar-refractivity contribution in [3.05, 3.63) is 28.2 Å². The number of anilines is 1. The SMILES string of the molecule is Cc1cc(NC(=O)CN2C(=O)N[C@H](C(C)C)C2=O)ccc1Br. The summed E-state index contributed by atoms with van der Waals surface area (Å²) in [6, 6.07) is 4.30. The fourth-order valence-corrected chi connectivity index (χ4v) is 2.46. The van der Waals surface area contributed by atoms with E-state index in [2.05, 4.69) is 26.6 Å². The number of rotatable bonds is 4. The van der Waals surface area contributed by atoms with Gasteiger partial charge in [-0.15, -0.1) is 0 Å². The molecule has 4 amide bonds. The highest BCUT2D eigenvalue weighted by atomic mass is 79.9. The van der Waals surface area contributed by atoms with Crippen molar-refractivity contribution < 1.29 is 14.4 Å². The number of carbonyl (C=O) groups excluding carboxylic acids is 3. The second-order valence-corrected chi connectivity index (χ2v) is 6.46. The zero-order chi connectivity index (χ0) is 16.4. The summed E-state index contributed by atoms with van der Waals surface area (Å²) in [7, 11) is 0. The molecule has 1 saturated heterocycles. The minimum Gasteiger partial charge on any atom is -0.326 e. The number of hydrogen-bond acceptors (Lipinski definition) is 3.